The molecule has 16 heteroatoms. The molecular weight excluding hydrogens is 1100 g/mol. The van der Waals surface area contributed by atoms with Crippen LogP contribution in [0.2, 0.25) is 0 Å². The maximum atomic E-state index is 11.2. The molecule has 1 aromatic carbocycles. The number of benzene rings is 1. The minimum atomic E-state index is -0.971. The summed E-state index contributed by atoms with van der Waals surface area (Å²) in [5, 5.41) is 25.7. The van der Waals surface area contributed by atoms with Crippen molar-refractivity contribution in [3.8, 4) is 0 Å². The average Bonchev–Trinajstić information content (AvgIpc) is 3.76. The van der Waals surface area contributed by atoms with Crippen molar-refractivity contribution in [2.75, 3.05) is 54.9 Å². The molecule has 0 bridgehead atoms. The first kappa shape index (κ1) is 66.6. The normalized spacial score (nSPS) is 29.4. The second-order valence-corrected chi connectivity index (χ2v) is 24.0. The Bertz CT molecular complexity index is 1580. The van der Waals surface area contributed by atoms with Gasteiger partial charge in [0.25, 0.3) is 12.9 Å². The van der Waals surface area contributed by atoms with Gasteiger partial charge in [-0.15, -0.1) is 0 Å². The zero-order valence-electron chi connectivity index (χ0n) is 45.1. The monoisotopic (exact) mass is 1200 g/mol. The third kappa shape index (κ3) is 22.5. The summed E-state index contributed by atoms with van der Waals surface area (Å²) in [7, 11) is 6.19. The van der Waals surface area contributed by atoms with E-state index in [1.165, 1.54) is 103 Å². The van der Waals surface area contributed by atoms with Crippen molar-refractivity contribution >= 4 is 57.3 Å². The Morgan fingerprint density at radius 3 is 2.08 bits per heavy atom. The number of hydrogen-bond acceptors (Lipinski definition) is 13. The van der Waals surface area contributed by atoms with Gasteiger partial charge >= 0.3 is 122 Å². The van der Waals surface area contributed by atoms with Gasteiger partial charge in [-0.3, -0.25) is 14.4 Å². The van der Waals surface area contributed by atoms with Gasteiger partial charge in [-0.25, -0.2) is 0 Å². The van der Waals surface area contributed by atoms with E-state index < -0.39 is 9.13 Å². The molecule has 0 amide bonds. The van der Waals surface area contributed by atoms with Gasteiger partial charge in [0.05, 0.1) is 18.3 Å². The summed E-state index contributed by atoms with van der Waals surface area (Å²) >= 11 is 0.472. The van der Waals surface area contributed by atoms with Crippen LogP contribution in [0.5, 0.6) is 0 Å². The number of hydrogen-bond donors (Lipinski definition) is 4. The summed E-state index contributed by atoms with van der Waals surface area (Å²) in [6.07, 6.45) is 29.4. The number of fused-ring (bicyclic) bond motifs is 6. The van der Waals surface area contributed by atoms with E-state index in [-0.39, 0.29) is 31.9 Å². The number of aliphatic hydroxyl groups is 1. The number of hydroxylamine groups is 2. The topological polar surface area (TPSA) is 207 Å². The molecule has 1 aromatic rings. The van der Waals surface area contributed by atoms with Crippen molar-refractivity contribution in [3.63, 3.8) is 0 Å². The Hall–Kier alpha value is -2.39. The van der Waals surface area contributed by atoms with Gasteiger partial charge in [-0.05, 0) is 151 Å². The fourth-order valence-corrected chi connectivity index (χ4v) is 13.1. The molecule has 0 aromatic heterocycles. The van der Waals surface area contributed by atoms with Crippen molar-refractivity contribution in [2.45, 2.75) is 184 Å². The predicted molar refractivity (Wildman–Crippen MR) is 278 cm³/mol. The van der Waals surface area contributed by atoms with Crippen molar-refractivity contribution in [2.24, 2.45) is 40.4 Å². The molecule has 71 heavy (non-hydrogen) atoms. The average molecular weight is 1200 g/mol. The summed E-state index contributed by atoms with van der Waals surface area (Å²) < 4.78 is 19.7. The number of nitrogens with zero attached hydrogens (tertiary/aromatic N) is 1. The van der Waals surface area contributed by atoms with E-state index in [1.807, 2.05) is 58.2 Å². The molecule has 2 saturated heterocycles. The molecular formula is C55H95N2O13Pb. The van der Waals surface area contributed by atoms with Crippen molar-refractivity contribution in [3.05, 3.63) is 35.9 Å². The van der Waals surface area contributed by atoms with E-state index in [0.29, 0.717) is 48.7 Å². The van der Waals surface area contributed by atoms with Crippen LogP contribution in [0.25, 0.3) is 0 Å². The number of aldehydes is 2. The number of carboxylic acid groups (broad SMARTS) is 2. The van der Waals surface area contributed by atoms with Gasteiger partial charge in [0.15, 0.2) is 0 Å². The van der Waals surface area contributed by atoms with Crippen LogP contribution in [-0.2, 0) is 50.9 Å². The number of methoxy groups -OCH3 is 2. The fourth-order valence-electron chi connectivity index (χ4n) is 12.2. The minimum absolute atomic E-state index is 0.0417. The first-order valence-corrected chi connectivity index (χ1v) is 28.2. The molecule has 407 valence electrons. The molecule has 15 nitrogen and oxygen atoms in total. The number of carbonyl (C=O) groups excluding carboxylic acids is 3. The Balaban J connectivity index is 0.000000479. The second kappa shape index (κ2) is 36.5. The van der Waals surface area contributed by atoms with Crippen molar-refractivity contribution in [1.29, 1.82) is 0 Å². The van der Waals surface area contributed by atoms with E-state index in [2.05, 4.69) is 24.2 Å². The Morgan fingerprint density at radius 1 is 0.845 bits per heavy atom. The number of nitrogens with one attached hydrogen (secondary N) is 1. The summed E-state index contributed by atoms with van der Waals surface area (Å²) in [5.74, 6) is 4.59. The van der Waals surface area contributed by atoms with Crippen LogP contribution in [0.15, 0.2) is 30.3 Å². The van der Waals surface area contributed by atoms with Gasteiger partial charge < -0.3 is 29.6 Å². The molecule has 3 radical (unpaired) electrons. The molecule has 2 heterocycles. The van der Waals surface area contributed by atoms with Crippen molar-refractivity contribution in [1.82, 2.24) is 10.4 Å². The zero-order valence-corrected chi connectivity index (χ0v) is 49.0. The molecule has 2 aliphatic heterocycles. The molecule has 6 aliphatic rings. The quantitative estimate of drug-likeness (QED) is 0.0506. The van der Waals surface area contributed by atoms with E-state index in [4.69, 9.17) is 48.7 Å². The molecule has 6 fully saturated rings. The van der Waals surface area contributed by atoms with Gasteiger partial charge in [0.1, 0.15) is 6.29 Å². The number of ether oxygens (including phenoxy) is 4. The predicted octanol–water partition coefficient (Wildman–Crippen LogP) is 9.15. The Morgan fingerprint density at radius 2 is 1.48 bits per heavy atom. The van der Waals surface area contributed by atoms with Crippen molar-refractivity contribution < 1.29 is 63.1 Å². The molecule has 4 N–H and O–H groups in total. The number of unbranched alkanes of at least 4 members (excludes halogenated alkanes) is 1. The zero-order chi connectivity index (χ0) is 53.4. The van der Waals surface area contributed by atoms with Crippen LogP contribution in [-0.4, -0.2) is 150 Å². The minimum Gasteiger partial charge on any atom is -0.483 e. The van der Waals surface area contributed by atoms with Gasteiger partial charge in [0, 0.05) is 40.3 Å². The van der Waals surface area contributed by atoms with Gasteiger partial charge in [0.2, 0.25) is 0 Å². The maximum Gasteiger partial charge on any atom is 0.290 e. The number of rotatable bonds is 12. The molecule has 10 atom stereocenters. The Kier molecular flexibility index (Phi) is 34.3. The molecule has 4 aliphatic carbocycles. The summed E-state index contributed by atoms with van der Waals surface area (Å²) in [4.78, 5) is 55.6. The van der Waals surface area contributed by atoms with Gasteiger partial charge in [-0.1, -0.05) is 46.0 Å². The van der Waals surface area contributed by atoms with Crippen LogP contribution in [0.1, 0.15) is 169 Å². The first-order valence-electron chi connectivity index (χ1n) is 26.2. The van der Waals surface area contributed by atoms with Crippen LogP contribution < -0.4 is 5.32 Å². The summed E-state index contributed by atoms with van der Waals surface area (Å²) in [6, 6.07) is 9.77. The number of aliphatic hydroxyl groups excluding tert-OH is 1. The first-order chi connectivity index (χ1) is 34.0. The third-order valence-corrected chi connectivity index (χ3v) is 18.2. The number of piperidine rings is 1. The van der Waals surface area contributed by atoms with Crippen LogP contribution in [0, 0.1) is 40.4 Å². The molecule has 4 saturated carbocycles. The Labute approximate surface area is 443 Å². The van der Waals surface area contributed by atoms with Crippen LogP contribution in [0.3, 0.4) is 0 Å². The van der Waals surface area contributed by atoms with E-state index in [9.17, 15) is 14.4 Å². The summed E-state index contributed by atoms with van der Waals surface area (Å²) in [5.41, 5.74) is 2.09. The standard InChI is InChI=1S/C23H38O.C12H14NO4.C12H23NO2.C5H12O.2CH2O2.CH4O.Pb/c1-22-14-5-3-7-17(22)9-11-19-20-12-10-18(8-4-6-16-24)23(20,2)15-13-21(19)22;1-13-7-12(15)17-9-16-11(8-14)10-5-3-2-4-6-10;1-14-12-7-8-13-11(10-12)6-4-2-3-5-9-15-13;1-5(2,3)6-4;2*2-1-3;1-2;/h16-21H,3-15H2,1-2H3;2-6,8,13H,7,9H2,1H3;11-12H,2-10H2,1H3;1-4H3;2*1H,(H,2,3);2H,1H3;. The van der Waals surface area contributed by atoms with Crippen LogP contribution in [0.4, 0.5) is 0 Å². The molecule has 0 spiro atoms. The second-order valence-electron chi connectivity index (χ2n) is 21.1. The van der Waals surface area contributed by atoms with Gasteiger partial charge in [-0.2, -0.15) is 5.06 Å². The van der Waals surface area contributed by atoms with Crippen LogP contribution >= 0.6 is 0 Å². The number of esters is 1. The van der Waals surface area contributed by atoms with E-state index in [1.54, 1.807) is 14.2 Å². The van der Waals surface area contributed by atoms with E-state index in [0.717, 1.165) is 93.7 Å². The third-order valence-electron chi connectivity index (χ3n) is 16.1. The number of likely N-dealkylation sites (N-methyl/N-ethyl adjacent to an activating group) is 1. The number of carbonyl (C=O) groups is 5. The largest absolute Gasteiger partial charge is 0.483 e. The summed E-state index contributed by atoms with van der Waals surface area (Å²) in [6.45, 7) is 12.7. The fraction of sp³-hybridized carbons (Fsp3) is 0.800. The molecule has 7 rings (SSSR count). The van der Waals surface area contributed by atoms with E-state index >= 15 is 0 Å². The SMILES string of the molecule is CC12CCCCC1CCC1C2CCC2(C)C(CCCC=O)CCC12.CNCC(=O)OCO[C]([Pb])(C=O)c1ccccc1.CO.COC(C)(C)C.COC1CCN2OCCCCCCC2C1.O=CO.O=CO. The molecule has 10 unspecified atom stereocenters. The smallest absolute Gasteiger partial charge is 0.290 e. The maximum absolute atomic E-state index is 11.2.